The molecule has 1 rings (SSSR count). The molecule has 1 aromatic rings. The summed E-state index contributed by atoms with van der Waals surface area (Å²) in [7, 11) is 0. The van der Waals surface area contributed by atoms with Crippen LogP contribution in [0.4, 0.5) is 0 Å². The summed E-state index contributed by atoms with van der Waals surface area (Å²) in [5.41, 5.74) is 7.28. The molecule has 0 amide bonds. The van der Waals surface area contributed by atoms with Gasteiger partial charge in [-0.1, -0.05) is 50.9 Å². The highest BCUT2D eigenvalue weighted by atomic mass is 32.1. The van der Waals surface area contributed by atoms with Crippen LogP contribution in [-0.4, -0.2) is 9.59 Å². The molecular weight excluding hydrogens is 218 g/mol. The first-order valence-electron chi connectivity index (χ1n) is 6.24. The van der Waals surface area contributed by atoms with Crippen molar-refractivity contribution in [3.63, 3.8) is 0 Å². The Morgan fingerprint density at radius 2 is 2.00 bits per heavy atom. The fourth-order valence-corrected chi connectivity index (χ4v) is 2.62. The number of rotatable bonds is 7. The summed E-state index contributed by atoms with van der Waals surface area (Å²) in [5.74, 6) is 0.426. The number of nitrogens with zero attached hydrogens (tertiary/aromatic N) is 2. The van der Waals surface area contributed by atoms with E-state index >= 15 is 0 Å². The van der Waals surface area contributed by atoms with Gasteiger partial charge in [0, 0.05) is 6.04 Å². The minimum Gasteiger partial charge on any atom is -0.323 e. The first-order valence-corrected chi connectivity index (χ1v) is 7.01. The monoisotopic (exact) mass is 241 g/mol. The number of hydrogen-bond donors (Lipinski definition) is 1. The van der Waals surface area contributed by atoms with Gasteiger partial charge in [0.25, 0.3) is 0 Å². The Morgan fingerprint density at radius 1 is 1.25 bits per heavy atom. The molecule has 0 aliphatic rings. The molecule has 1 aromatic heterocycles. The van der Waals surface area contributed by atoms with Gasteiger partial charge in [-0.2, -0.15) is 0 Å². The average molecular weight is 241 g/mol. The van der Waals surface area contributed by atoms with Gasteiger partial charge in [0.2, 0.25) is 0 Å². The molecule has 16 heavy (non-hydrogen) atoms. The third kappa shape index (κ3) is 3.83. The third-order valence-electron chi connectivity index (χ3n) is 2.79. The van der Waals surface area contributed by atoms with E-state index in [0.29, 0.717) is 5.92 Å². The molecule has 1 atom stereocenters. The zero-order valence-electron chi connectivity index (χ0n) is 10.6. The second-order valence-electron chi connectivity index (χ2n) is 4.63. The molecule has 0 saturated heterocycles. The van der Waals surface area contributed by atoms with Crippen molar-refractivity contribution in [2.24, 2.45) is 5.73 Å². The van der Waals surface area contributed by atoms with Crippen LogP contribution < -0.4 is 5.73 Å². The Kier molecular flexibility index (Phi) is 5.91. The molecule has 1 unspecified atom stereocenters. The molecule has 0 aliphatic carbocycles. The van der Waals surface area contributed by atoms with Crippen LogP contribution >= 0.6 is 11.5 Å². The Balaban J connectivity index is 2.46. The van der Waals surface area contributed by atoms with E-state index in [0.717, 1.165) is 12.1 Å². The molecule has 0 aliphatic heterocycles. The van der Waals surface area contributed by atoms with Gasteiger partial charge in [0.1, 0.15) is 0 Å². The van der Waals surface area contributed by atoms with E-state index in [9.17, 15) is 0 Å². The first kappa shape index (κ1) is 13.6. The van der Waals surface area contributed by atoms with Gasteiger partial charge in [0.15, 0.2) is 0 Å². The maximum Gasteiger partial charge on any atom is 0.0828 e. The van der Waals surface area contributed by atoms with Crippen molar-refractivity contribution in [3.8, 4) is 0 Å². The van der Waals surface area contributed by atoms with Crippen LogP contribution in [0.3, 0.4) is 0 Å². The quantitative estimate of drug-likeness (QED) is 0.742. The standard InChI is InChI=1S/C12H23N3S/c1-4-5-6-7-8-10(13)12-11(9(2)3)14-15-16-12/h9-10H,4-8,13H2,1-3H3. The van der Waals surface area contributed by atoms with E-state index in [1.54, 1.807) is 0 Å². The summed E-state index contributed by atoms with van der Waals surface area (Å²) in [5, 5.41) is 4.17. The molecule has 0 fully saturated rings. The first-order chi connectivity index (χ1) is 7.66. The normalized spacial score (nSPS) is 13.3. The van der Waals surface area contributed by atoms with Gasteiger partial charge in [-0.15, -0.1) is 5.10 Å². The molecule has 0 spiro atoms. The van der Waals surface area contributed by atoms with Gasteiger partial charge in [0.05, 0.1) is 10.6 Å². The minimum absolute atomic E-state index is 0.134. The van der Waals surface area contributed by atoms with Crippen molar-refractivity contribution in [2.75, 3.05) is 0 Å². The summed E-state index contributed by atoms with van der Waals surface area (Å²) in [6.07, 6.45) is 6.14. The molecule has 1 heterocycles. The van der Waals surface area contributed by atoms with Crippen molar-refractivity contribution in [1.82, 2.24) is 9.59 Å². The summed E-state index contributed by atoms with van der Waals surface area (Å²) in [6, 6.07) is 0.134. The zero-order valence-corrected chi connectivity index (χ0v) is 11.4. The van der Waals surface area contributed by atoms with Crippen molar-refractivity contribution in [2.45, 2.75) is 64.8 Å². The fourth-order valence-electron chi connectivity index (χ4n) is 1.78. The summed E-state index contributed by atoms with van der Waals surface area (Å²) >= 11 is 1.46. The number of unbranched alkanes of at least 4 members (excludes halogenated alkanes) is 3. The molecular formula is C12H23N3S. The highest BCUT2D eigenvalue weighted by Crippen LogP contribution is 2.27. The number of nitrogens with two attached hydrogens (primary N) is 1. The number of aromatic nitrogens is 2. The predicted molar refractivity (Wildman–Crippen MR) is 69.7 cm³/mol. The van der Waals surface area contributed by atoms with Crippen LogP contribution in [0.25, 0.3) is 0 Å². The van der Waals surface area contributed by atoms with E-state index in [4.69, 9.17) is 5.73 Å². The highest BCUT2D eigenvalue weighted by Gasteiger charge is 2.17. The Bertz CT molecular complexity index is 296. The Hall–Kier alpha value is -0.480. The van der Waals surface area contributed by atoms with Crippen LogP contribution in [0.15, 0.2) is 0 Å². The summed E-state index contributed by atoms with van der Waals surface area (Å²) < 4.78 is 4.02. The molecule has 0 bridgehead atoms. The molecule has 0 radical (unpaired) electrons. The lowest BCUT2D eigenvalue weighted by atomic mass is 10.0. The van der Waals surface area contributed by atoms with Gasteiger partial charge in [-0.3, -0.25) is 0 Å². The van der Waals surface area contributed by atoms with Gasteiger partial charge in [-0.25, -0.2) is 0 Å². The lowest BCUT2D eigenvalue weighted by Crippen LogP contribution is -2.11. The fraction of sp³-hybridized carbons (Fsp3) is 0.833. The second kappa shape index (κ2) is 6.97. The van der Waals surface area contributed by atoms with Crippen LogP contribution in [0.1, 0.15) is 75.4 Å². The maximum atomic E-state index is 6.19. The molecule has 92 valence electrons. The molecule has 2 N–H and O–H groups in total. The van der Waals surface area contributed by atoms with Crippen LogP contribution in [-0.2, 0) is 0 Å². The molecule has 0 aromatic carbocycles. The topological polar surface area (TPSA) is 51.8 Å². The van der Waals surface area contributed by atoms with E-state index in [-0.39, 0.29) is 6.04 Å². The minimum atomic E-state index is 0.134. The van der Waals surface area contributed by atoms with E-state index in [1.165, 1.54) is 42.1 Å². The zero-order chi connectivity index (χ0) is 12.0. The molecule has 3 nitrogen and oxygen atoms in total. The van der Waals surface area contributed by atoms with Crippen molar-refractivity contribution in [1.29, 1.82) is 0 Å². The maximum absolute atomic E-state index is 6.19. The van der Waals surface area contributed by atoms with Crippen molar-refractivity contribution >= 4 is 11.5 Å². The summed E-state index contributed by atoms with van der Waals surface area (Å²) in [4.78, 5) is 1.19. The van der Waals surface area contributed by atoms with E-state index in [1.807, 2.05) is 0 Å². The van der Waals surface area contributed by atoms with Crippen molar-refractivity contribution in [3.05, 3.63) is 10.6 Å². The van der Waals surface area contributed by atoms with E-state index < -0.39 is 0 Å². The van der Waals surface area contributed by atoms with Gasteiger partial charge < -0.3 is 5.73 Å². The lowest BCUT2D eigenvalue weighted by Gasteiger charge is -2.11. The van der Waals surface area contributed by atoms with Crippen molar-refractivity contribution < 1.29 is 0 Å². The van der Waals surface area contributed by atoms with Crippen LogP contribution in [0, 0.1) is 0 Å². The van der Waals surface area contributed by atoms with Crippen LogP contribution in [0.5, 0.6) is 0 Å². The third-order valence-corrected chi connectivity index (χ3v) is 3.66. The van der Waals surface area contributed by atoms with E-state index in [2.05, 4.69) is 30.4 Å². The molecule has 4 heteroatoms. The second-order valence-corrected chi connectivity index (χ2v) is 5.42. The predicted octanol–water partition coefficient (Wildman–Crippen LogP) is 3.63. The van der Waals surface area contributed by atoms with Gasteiger partial charge in [-0.05, 0) is 23.9 Å². The molecule has 0 saturated carbocycles. The highest BCUT2D eigenvalue weighted by molar-refractivity contribution is 7.05. The smallest absolute Gasteiger partial charge is 0.0828 e. The van der Waals surface area contributed by atoms with Gasteiger partial charge >= 0.3 is 0 Å². The SMILES string of the molecule is CCCCCCC(N)c1snnc1C(C)C. The van der Waals surface area contributed by atoms with Crippen LogP contribution in [0.2, 0.25) is 0 Å². The summed E-state index contributed by atoms with van der Waals surface area (Å²) in [6.45, 7) is 6.51. The number of hydrogen-bond acceptors (Lipinski definition) is 4. The largest absolute Gasteiger partial charge is 0.323 e. The Morgan fingerprint density at radius 3 is 2.62 bits per heavy atom. The Labute approximate surface area is 103 Å². The average Bonchev–Trinajstić information content (AvgIpc) is 2.73. The lowest BCUT2D eigenvalue weighted by molar-refractivity contribution is 0.565.